The fourth-order valence-corrected chi connectivity index (χ4v) is 3.10. The van der Waals surface area contributed by atoms with Gasteiger partial charge in [-0.3, -0.25) is 0 Å². The largest absolute Gasteiger partial charge is 0.398 e. The molecule has 1 aromatic carbocycles. The van der Waals surface area contributed by atoms with Crippen LogP contribution in [0.1, 0.15) is 6.92 Å². The molecular weight excluding hydrogens is 308 g/mol. The molecule has 0 radical (unpaired) electrons. The van der Waals surface area contributed by atoms with Crippen LogP contribution >= 0.6 is 15.9 Å². The minimum atomic E-state index is -3.60. The van der Waals surface area contributed by atoms with Gasteiger partial charge in [0.2, 0.25) is 10.0 Å². The molecule has 1 unspecified atom stereocenters. The summed E-state index contributed by atoms with van der Waals surface area (Å²) in [6.45, 7) is 1.40. The zero-order chi connectivity index (χ0) is 13.2. The Hall–Kier alpha value is -0.630. The number of nitrogens with two attached hydrogens (primary N) is 1. The number of likely N-dealkylation sites (N-methyl/N-ethyl adjacent to an activating group) is 1. The van der Waals surface area contributed by atoms with Crippen molar-refractivity contribution in [3.63, 3.8) is 0 Å². The highest BCUT2D eigenvalue weighted by atomic mass is 79.9. The Balaban J connectivity index is 3.17. The van der Waals surface area contributed by atoms with Crippen LogP contribution in [-0.2, 0) is 10.0 Å². The number of benzene rings is 1. The van der Waals surface area contributed by atoms with Crippen molar-refractivity contribution in [3.05, 3.63) is 22.7 Å². The summed E-state index contributed by atoms with van der Waals surface area (Å²) in [5.41, 5.74) is 6.07. The van der Waals surface area contributed by atoms with E-state index in [1.165, 1.54) is 25.2 Å². The van der Waals surface area contributed by atoms with Crippen molar-refractivity contribution in [3.8, 4) is 0 Å². The molecule has 17 heavy (non-hydrogen) atoms. The quantitative estimate of drug-likeness (QED) is 0.811. The summed E-state index contributed by atoms with van der Waals surface area (Å²) in [5.74, 6) is 0. The zero-order valence-corrected chi connectivity index (χ0v) is 12.0. The van der Waals surface area contributed by atoms with E-state index in [-0.39, 0.29) is 11.5 Å². The minimum Gasteiger partial charge on any atom is -0.398 e. The zero-order valence-electron chi connectivity index (χ0n) is 9.59. The number of nitrogen functional groups attached to an aromatic ring is 1. The van der Waals surface area contributed by atoms with E-state index in [1.54, 1.807) is 6.92 Å². The highest BCUT2D eigenvalue weighted by Gasteiger charge is 2.25. The summed E-state index contributed by atoms with van der Waals surface area (Å²) in [5, 5.41) is 8.98. The molecule has 0 fully saturated rings. The lowest BCUT2D eigenvalue weighted by molar-refractivity contribution is 0.214. The molecule has 0 aliphatic heterocycles. The van der Waals surface area contributed by atoms with Crippen LogP contribution in [-0.4, -0.2) is 37.5 Å². The van der Waals surface area contributed by atoms with Gasteiger partial charge in [-0.1, -0.05) is 0 Å². The Kier molecular flexibility index (Phi) is 4.54. The summed E-state index contributed by atoms with van der Waals surface area (Å²) < 4.78 is 26.0. The lowest BCUT2D eigenvalue weighted by Crippen LogP contribution is -2.37. The molecule has 0 saturated carbocycles. The Bertz CT molecular complexity index is 504. The molecule has 0 aliphatic rings. The summed E-state index contributed by atoms with van der Waals surface area (Å²) in [6.07, 6.45) is 0. The lowest BCUT2D eigenvalue weighted by Gasteiger charge is -2.22. The van der Waals surface area contributed by atoms with Crippen LogP contribution in [0, 0.1) is 0 Å². The molecule has 96 valence electrons. The van der Waals surface area contributed by atoms with Crippen molar-refractivity contribution in [1.82, 2.24) is 4.31 Å². The average Bonchev–Trinajstić information content (AvgIpc) is 2.30. The predicted octanol–water partition coefficient (Wildman–Crippen LogP) is 1.03. The van der Waals surface area contributed by atoms with Crippen LogP contribution < -0.4 is 5.73 Å². The van der Waals surface area contributed by atoms with Gasteiger partial charge in [-0.15, -0.1) is 0 Å². The maximum absolute atomic E-state index is 12.1. The van der Waals surface area contributed by atoms with E-state index in [0.29, 0.717) is 10.2 Å². The van der Waals surface area contributed by atoms with Crippen LogP contribution in [0.3, 0.4) is 0 Å². The first-order chi connectivity index (χ1) is 7.80. The predicted molar refractivity (Wildman–Crippen MR) is 70.1 cm³/mol. The van der Waals surface area contributed by atoms with Crippen LogP contribution in [0.15, 0.2) is 27.6 Å². The molecule has 3 N–H and O–H groups in total. The molecule has 7 heteroatoms. The Labute approximate surface area is 109 Å². The molecule has 1 rings (SSSR count). The van der Waals surface area contributed by atoms with Gasteiger partial charge in [0, 0.05) is 23.2 Å². The van der Waals surface area contributed by atoms with Crippen molar-refractivity contribution >= 4 is 31.6 Å². The van der Waals surface area contributed by atoms with E-state index in [0.717, 1.165) is 4.31 Å². The number of rotatable bonds is 4. The minimum absolute atomic E-state index is 0.140. The molecule has 1 aromatic rings. The molecule has 0 aromatic heterocycles. The number of hydrogen-bond acceptors (Lipinski definition) is 4. The Morgan fingerprint density at radius 2 is 2.12 bits per heavy atom. The second kappa shape index (κ2) is 5.34. The van der Waals surface area contributed by atoms with Crippen LogP contribution in [0.2, 0.25) is 0 Å². The first-order valence-corrected chi connectivity index (χ1v) is 7.18. The van der Waals surface area contributed by atoms with E-state index in [2.05, 4.69) is 15.9 Å². The number of nitrogens with zero attached hydrogens (tertiary/aromatic N) is 1. The van der Waals surface area contributed by atoms with Crippen LogP contribution in [0.4, 0.5) is 5.69 Å². The molecule has 0 bridgehead atoms. The standard InChI is InChI=1S/C10H15BrN2O3S/c1-7(6-14)13(2)17(15,16)8-3-4-10(12)9(11)5-8/h3-5,7,14H,6,12H2,1-2H3. The summed E-state index contributed by atoms with van der Waals surface area (Å²) in [6, 6.07) is 3.94. The van der Waals surface area contributed by atoms with Gasteiger partial charge in [0.1, 0.15) is 0 Å². The van der Waals surface area contributed by atoms with Gasteiger partial charge in [-0.05, 0) is 41.1 Å². The smallest absolute Gasteiger partial charge is 0.243 e. The second-order valence-electron chi connectivity index (χ2n) is 3.74. The van der Waals surface area contributed by atoms with Crippen molar-refractivity contribution in [2.45, 2.75) is 17.9 Å². The van der Waals surface area contributed by atoms with Gasteiger partial charge in [-0.2, -0.15) is 4.31 Å². The maximum atomic E-state index is 12.1. The first kappa shape index (κ1) is 14.4. The highest BCUT2D eigenvalue weighted by molar-refractivity contribution is 9.10. The molecule has 0 heterocycles. The van der Waals surface area contributed by atoms with E-state index in [9.17, 15) is 8.42 Å². The number of hydrogen-bond donors (Lipinski definition) is 2. The van der Waals surface area contributed by atoms with E-state index >= 15 is 0 Å². The van der Waals surface area contributed by atoms with Crippen LogP contribution in [0.25, 0.3) is 0 Å². The topological polar surface area (TPSA) is 83.6 Å². The fraction of sp³-hybridized carbons (Fsp3) is 0.400. The van der Waals surface area contributed by atoms with Gasteiger partial charge >= 0.3 is 0 Å². The third-order valence-corrected chi connectivity index (χ3v) is 5.19. The number of aliphatic hydroxyl groups is 1. The number of halogens is 1. The third-order valence-electron chi connectivity index (χ3n) is 2.53. The highest BCUT2D eigenvalue weighted by Crippen LogP contribution is 2.25. The molecule has 5 nitrogen and oxygen atoms in total. The Morgan fingerprint density at radius 3 is 2.59 bits per heavy atom. The van der Waals surface area contributed by atoms with E-state index < -0.39 is 16.1 Å². The fourth-order valence-electron chi connectivity index (χ4n) is 1.19. The number of aliphatic hydroxyl groups excluding tert-OH is 1. The first-order valence-electron chi connectivity index (χ1n) is 4.94. The molecular formula is C10H15BrN2O3S. The molecule has 0 saturated heterocycles. The molecule has 0 aliphatic carbocycles. The summed E-state index contributed by atoms with van der Waals surface area (Å²) >= 11 is 3.18. The van der Waals surface area contributed by atoms with Crippen LogP contribution in [0.5, 0.6) is 0 Å². The summed E-state index contributed by atoms with van der Waals surface area (Å²) in [4.78, 5) is 0.140. The van der Waals surface area contributed by atoms with E-state index in [1.807, 2.05) is 0 Å². The maximum Gasteiger partial charge on any atom is 0.243 e. The monoisotopic (exact) mass is 322 g/mol. The van der Waals surface area contributed by atoms with Gasteiger partial charge in [0.05, 0.1) is 11.5 Å². The molecule has 1 atom stereocenters. The van der Waals surface area contributed by atoms with E-state index in [4.69, 9.17) is 10.8 Å². The number of anilines is 1. The average molecular weight is 323 g/mol. The third kappa shape index (κ3) is 2.98. The summed E-state index contributed by atoms with van der Waals surface area (Å²) in [7, 11) is -2.17. The molecule has 0 spiro atoms. The van der Waals surface area contributed by atoms with Gasteiger partial charge < -0.3 is 10.8 Å². The van der Waals surface area contributed by atoms with Crippen molar-refractivity contribution in [1.29, 1.82) is 0 Å². The normalized spacial score (nSPS) is 13.9. The SMILES string of the molecule is CC(CO)N(C)S(=O)(=O)c1ccc(N)c(Br)c1. The van der Waals surface area contributed by atoms with Gasteiger partial charge in [0.15, 0.2) is 0 Å². The Morgan fingerprint density at radius 1 is 1.53 bits per heavy atom. The van der Waals surface area contributed by atoms with Gasteiger partial charge in [0.25, 0.3) is 0 Å². The van der Waals surface area contributed by atoms with Crippen molar-refractivity contribution < 1.29 is 13.5 Å². The lowest BCUT2D eigenvalue weighted by atomic mass is 10.3. The van der Waals surface area contributed by atoms with Crippen molar-refractivity contribution in [2.75, 3.05) is 19.4 Å². The molecule has 0 amide bonds. The number of sulfonamides is 1. The van der Waals surface area contributed by atoms with Gasteiger partial charge in [-0.25, -0.2) is 8.42 Å². The van der Waals surface area contributed by atoms with Crippen molar-refractivity contribution in [2.24, 2.45) is 0 Å². The second-order valence-corrected chi connectivity index (χ2v) is 6.59.